The van der Waals surface area contributed by atoms with Crippen LogP contribution >= 0.6 is 35.0 Å². The molecule has 5 nitrogen and oxygen atoms in total. The number of amides is 1. The van der Waals surface area contributed by atoms with Crippen LogP contribution in [0.1, 0.15) is 5.56 Å². The average molecular weight is 487 g/mol. The lowest BCUT2D eigenvalue weighted by Crippen LogP contribution is -2.15. The van der Waals surface area contributed by atoms with E-state index < -0.39 is 17.6 Å². The Labute approximate surface area is 190 Å². The molecule has 1 amide bonds. The van der Waals surface area contributed by atoms with E-state index in [1.54, 1.807) is 28.8 Å². The molecule has 3 rings (SSSR count). The van der Waals surface area contributed by atoms with E-state index in [0.29, 0.717) is 33.1 Å². The molecule has 0 aliphatic carbocycles. The first-order chi connectivity index (χ1) is 14.7. The predicted molar refractivity (Wildman–Crippen MR) is 116 cm³/mol. The minimum atomic E-state index is -4.49. The number of nitrogens with zero attached hydrogens (tertiary/aromatic N) is 3. The third-order valence-corrected chi connectivity index (χ3v) is 5.72. The lowest BCUT2D eigenvalue weighted by atomic mass is 10.2. The highest BCUT2D eigenvalue weighted by molar-refractivity contribution is 7.99. The fraction of sp³-hybridized carbons (Fsp3) is 0.150. The van der Waals surface area contributed by atoms with Crippen LogP contribution in [0.3, 0.4) is 0 Å². The van der Waals surface area contributed by atoms with Gasteiger partial charge < -0.3 is 5.32 Å². The van der Waals surface area contributed by atoms with Crippen molar-refractivity contribution in [2.45, 2.75) is 17.9 Å². The van der Waals surface area contributed by atoms with Crippen molar-refractivity contribution in [1.29, 1.82) is 0 Å². The molecule has 2 aromatic carbocycles. The van der Waals surface area contributed by atoms with Crippen LogP contribution in [-0.4, -0.2) is 26.4 Å². The Morgan fingerprint density at radius 2 is 1.94 bits per heavy atom. The molecule has 0 bridgehead atoms. The number of anilines is 1. The molecule has 0 spiro atoms. The number of hydrogen-bond acceptors (Lipinski definition) is 4. The number of benzene rings is 2. The summed E-state index contributed by atoms with van der Waals surface area (Å²) in [6, 6.07) is 9.48. The number of halogens is 5. The molecule has 0 fully saturated rings. The van der Waals surface area contributed by atoms with Crippen molar-refractivity contribution < 1.29 is 18.0 Å². The summed E-state index contributed by atoms with van der Waals surface area (Å²) < 4.78 is 40.2. The Balaban J connectivity index is 1.73. The summed E-state index contributed by atoms with van der Waals surface area (Å²) in [5.41, 5.74) is -0.0940. The topological polar surface area (TPSA) is 59.8 Å². The van der Waals surface area contributed by atoms with Gasteiger partial charge in [-0.05, 0) is 36.4 Å². The van der Waals surface area contributed by atoms with Gasteiger partial charge in [0.1, 0.15) is 0 Å². The van der Waals surface area contributed by atoms with E-state index in [-0.39, 0.29) is 11.4 Å². The summed E-state index contributed by atoms with van der Waals surface area (Å²) in [5.74, 6) is -0.0415. The number of aromatic nitrogens is 3. The summed E-state index contributed by atoms with van der Waals surface area (Å²) >= 11 is 13.1. The molecule has 0 aliphatic heterocycles. The molecule has 0 saturated carbocycles. The minimum Gasteiger partial charge on any atom is -0.325 e. The van der Waals surface area contributed by atoms with Gasteiger partial charge in [0, 0.05) is 17.8 Å². The number of rotatable bonds is 7. The molecule has 3 aromatic rings. The normalized spacial score (nSPS) is 11.4. The second-order valence-corrected chi connectivity index (χ2v) is 8.01. The van der Waals surface area contributed by atoms with Crippen LogP contribution in [-0.2, 0) is 17.5 Å². The van der Waals surface area contributed by atoms with Crippen molar-refractivity contribution in [3.63, 3.8) is 0 Å². The van der Waals surface area contributed by atoms with Gasteiger partial charge >= 0.3 is 6.18 Å². The Morgan fingerprint density at radius 3 is 2.61 bits per heavy atom. The molecule has 0 unspecified atom stereocenters. The van der Waals surface area contributed by atoms with E-state index in [4.69, 9.17) is 23.2 Å². The maximum absolute atomic E-state index is 12.8. The molecular formula is C20H15Cl2F3N4OS. The zero-order valence-electron chi connectivity index (χ0n) is 15.8. The molecule has 11 heteroatoms. The molecule has 0 radical (unpaired) electrons. The Bertz CT molecular complexity index is 1120. The Hall–Kier alpha value is -2.49. The highest BCUT2D eigenvalue weighted by Crippen LogP contribution is 2.31. The van der Waals surface area contributed by atoms with E-state index in [2.05, 4.69) is 22.1 Å². The van der Waals surface area contributed by atoms with E-state index in [1.165, 1.54) is 12.1 Å². The van der Waals surface area contributed by atoms with Crippen molar-refractivity contribution in [2.75, 3.05) is 11.1 Å². The summed E-state index contributed by atoms with van der Waals surface area (Å²) in [6.07, 6.45) is -2.84. The molecule has 1 heterocycles. The molecule has 31 heavy (non-hydrogen) atoms. The first-order valence-corrected chi connectivity index (χ1v) is 10.5. The SMILES string of the molecule is C=CCn1c(SCC(=O)Nc2cccc(C(F)(F)F)c2)nnc1-c1ccc(Cl)c(Cl)c1. The molecule has 0 saturated heterocycles. The lowest BCUT2D eigenvalue weighted by Gasteiger charge is -2.10. The first-order valence-electron chi connectivity index (χ1n) is 8.78. The van der Waals surface area contributed by atoms with Crippen LogP contribution in [0.4, 0.5) is 18.9 Å². The summed E-state index contributed by atoms with van der Waals surface area (Å²) in [4.78, 5) is 12.3. The summed E-state index contributed by atoms with van der Waals surface area (Å²) in [5, 5.41) is 11.9. The zero-order chi connectivity index (χ0) is 22.6. The summed E-state index contributed by atoms with van der Waals surface area (Å²) in [6.45, 7) is 4.09. The largest absolute Gasteiger partial charge is 0.416 e. The molecule has 1 N–H and O–H groups in total. The van der Waals surface area contributed by atoms with Crippen LogP contribution in [0, 0.1) is 0 Å². The second-order valence-electron chi connectivity index (χ2n) is 6.25. The number of thioether (sulfide) groups is 1. The lowest BCUT2D eigenvalue weighted by molar-refractivity contribution is -0.137. The molecule has 162 valence electrons. The molecule has 0 aliphatic rings. The average Bonchev–Trinajstić information content (AvgIpc) is 3.11. The number of allylic oxidation sites excluding steroid dienone is 1. The van der Waals surface area contributed by atoms with E-state index in [9.17, 15) is 18.0 Å². The quantitative estimate of drug-likeness (QED) is 0.319. The third kappa shape index (κ3) is 5.81. The minimum absolute atomic E-state index is 0.0597. The van der Waals surface area contributed by atoms with Gasteiger partial charge in [-0.15, -0.1) is 16.8 Å². The Morgan fingerprint density at radius 1 is 1.16 bits per heavy atom. The fourth-order valence-corrected chi connectivity index (χ4v) is 3.68. The Kier molecular flexibility index (Phi) is 7.30. The number of carbonyl (C=O) groups is 1. The van der Waals surface area contributed by atoms with Gasteiger partial charge in [-0.1, -0.05) is 47.1 Å². The number of nitrogens with one attached hydrogen (secondary N) is 1. The first kappa shape index (κ1) is 23.2. The van der Waals surface area contributed by atoms with Gasteiger partial charge in [-0.2, -0.15) is 13.2 Å². The monoisotopic (exact) mass is 486 g/mol. The smallest absolute Gasteiger partial charge is 0.325 e. The molecule has 1 aromatic heterocycles. The standard InChI is InChI=1S/C20H15Cl2F3N4OS/c1-2-8-29-18(12-6-7-15(21)16(22)9-12)27-28-19(29)31-11-17(30)26-14-5-3-4-13(10-14)20(23,24)25/h2-7,9-10H,1,8,11H2,(H,26,30). The van der Waals surface area contributed by atoms with E-state index in [1.807, 2.05) is 0 Å². The summed E-state index contributed by atoms with van der Waals surface area (Å²) in [7, 11) is 0. The van der Waals surface area contributed by atoms with Crippen molar-refractivity contribution in [3.05, 3.63) is 70.7 Å². The highest BCUT2D eigenvalue weighted by Gasteiger charge is 2.30. The molecule has 0 atom stereocenters. The van der Waals surface area contributed by atoms with E-state index >= 15 is 0 Å². The van der Waals surface area contributed by atoms with Gasteiger partial charge in [0.2, 0.25) is 5.91 Å². The van der Waals surface area contributed by atoms with Crippen molar-refractivity contribution in [3.8, 4) is 11.4 Å². The van der Waals surface area contributed by atoms with Crippen LogP contribution in [0.2, 0.25) is 10.0 Å². The predicted octanol–water partition coefficient (Wildman–Crippen LogP) is 6.19. The van der Waals surface area contributed by atoms with Gasteiger partial charge in [0.25, 0.3) is 0 Å². The van der Waals surface area contributed by atoms with Gasteiger partial charge in [-0.3, -0.25) is 9.36 Å². The van der Waals surface area contributed by atoms with Crippen LogP contribution in [0.15, 0.2) is 60.3 Å². The van der Waals surface area contributed by atoms with Gasteiger partial charge in [0.15, 0.2) is 11.0 Å². The third-order valence-electron chi connectivity index (χ3n) is 4.01. The number of hydrogen-bond donors (Lipinski definition) is 1. The highest BCUT2D eigenvalue weighted by atomic mass is 35.5. The van der Waals surface area contributed by atoms with Gasteiger partial charge in [-0.25, -0.2) is 0 Å². The number of alkyl halides is 3. The molecular weight excluding hydrogens is 472 g/mol. The van der Waals surface area contributed by atoms with Crippen LogP contribution in [0.5, 0.6) is 0 Å². The van der Waals surface area contributed by atoms with Crippen molar-refractivity contribution in [2.24, 2.45) is 0 Å². The van der Waals surface area contributed by atoms with Crippen molar-refractivity contribution >= 4 is 46.6 Å². The van der Waals surface area contributed by atoms with Gasteiger partial charge in [0.05, 0.1) is 21.4 Å². The second kappa shape index (κ2) is 9.76. The van der Waals surface area contributed by atoms with Crippen molar-refractivity contribution in [1.82, 2.24) is 14.8 Å². The maximum atomic E-state index is 12.8. The fourth-order valence-electron chi connectivity index (χ4n) is 2.64. The zero-order valence-corrected chi connectivity index (χ0v) is 18.1. The number of carbonyl (C=O) groups excluding carboxylic acids is 1. The maximum Gasteiger partial charge on any atom is 0.416 e. The van der Waals surface area contributed by atoms with E-state index in [0.717, 1.165) is 23.9 Å². The van der Waals surface area contributed by atoms with Crippen LogP contribution < -0.4 is 5.32 Å². The van der Waals surface area contributed by atoms with Crippen LogP contribution in [0.25, 0.3) is 11.4 Å².